The molecule has 0 radical (unpaired) electrons. The Labute approximate surface area is 122 Å². The van der Waals surface area contributed by atoms with Crippen molar-refractivity contribution in [2.75, 3.05) is 19.6 Å². The molecule has 0 fully saturated rings. The highest BCUT2D eigenvalue weighted by Crippen LogP contribution is 2.19. The summed E-state index contributed by atoms with van der Waals surface area (Å²) >= 11 is 0. The van der Waals surface area contributed by atoms with Crippen LogP contribution in [0, 0.1) is 0 Å². The van der Waals surface area contributed by atoms with Crippen LogP contribution < -0.4 is 16.2 Å². The van der Waals surface area contributed by atoms with Gasteiger partial charge >= 0.3 is 11.8 Å². The molecule has 1 amide bonds. The molecule has 114 valence electrons. The minimum Gasteiger partial charge on any atom is -0.410 e. The summed E-state index contributed by atoms with van der Waals surface area (Å²) in [5.74, 6) is 0.407. The second-order valence-electron chi connectivity index (χ2n) is 4.59. The molecule has 0 unspecified atom stereocenters. The molecule has 0 aliphatic heterocycles. The molecule has 0 bridgehead atoms. The Balaban J connectivity index is 2.32. The van der Waals surface area contributed by atoms with Gasteiger partial charge in [0.15, 0.2) is 0 Å². The minimum atomic E-state index is -0.400. The van der Waals surface area contributed by atoms with E-state index in [2.05, 4.69) is 4.98 Å². The number of fused-ring (bicyclic) bond motifs is 1. The zero-order valence-corrected chi connectivity index (χ0v) is 12.3. The third kappa shape index (κ3) is 3.08. The second kappa shape index (κ2) is 6.45. The van der Waals surface area contributed by atoms with Gasteiger partial charge in [0.1, 0.15) is 5.75 Å². The Kier molecular flexibility index (Phi) is 4.64. The summed E-state index contributed by atoms with van der Waals surface area (Å²) in [4.78, 5) is 28.0. The standard InChI is InChI=1S/C14H20N4O3/c1-3-17(4-2)14(20)21-10-5-6-11-12(9-10)18(8-7-15)13(19)16-11/h5-6,9H,3-4,7-8,15H2,1-2H3,(H,16,19). The number of benzene rings is 1. The van der Waals surface area contributed by atoms with Crippen molar-refractivity contribution < 1.29 is 9.53 Å². The molecule has 1 aromatic heterocycles. The van der Waals surface area contributed by atoms with Crippen LogP contribution in [0.5, 0.6) is 5.75 Å². The lowest BCUT2D eigenvalue weighted by Gasteiger charge is -2.17. The average molecular weight is 292 g/mol. The number of nitrogens with zero attached hydrogens (tertiary/aromatic N) is 2. The number of carbonyl (C=O) groups is 1. The number of nitrogens with two attached hydrogens (primary N) is 1. The lowest BCUT2D eigenvalue weighted by molar-refractivity contribution is 0.157. The van der Waals surface area contributed by atoms with E-state index in [0.29, 0.717) is 43.0 Å². The molecule has 2 rings (SSSR count). The Morgan fingerprint density at radius 2 is 2.10 bits per heavy atom. The SMILES string of the molecule is CCN(CC)C(=O)Oc1ccc2[nH]c(=O)n(CCN)c2c1. The Morgan fingerprint density at radius 3 is 2.71 bits per heavy atom. The summed E-state index contributed by atoms with van der Waals surface area (Å²) in [6.07, 6.45) is -0.400. The lowest BCUT2D eigenvalue weighted by atomic mass is 10.3. The summed E-state index contributed by atoms with van der Waals surface area (Å²) in [6, 6.07) is 5.05. The number of hydrogen-bond donors (Lipinski definition) is 2. The molecule has 7 nitrogen and oxygen atoms in total. The molecule has 3 N–H and O–H groups in total. The van der Waals surface area contributed by atoms with E-state index in [-0.39, 0.29) is 5.69 Å². The summed E-state index contributed by atoms with van der Waals surface area (Å²) < 4.78 is 6.87. The van der Waals surface area contributed by atoms with Crippen LogP contribution in [0.3, 0.4) is 0 Å². The van der Waals surface area contributed by atoms with Gasteiger partial charge in [-0.05, 0) is 26.0 Å². The van der Waals surface area contributed by atoms with E-state index < -0.39 is 6.09 Å². The largest absolute Gasteiger partial charge is 0.415 e. The third-order valence-electron chi connectivity index (χ3n) is 3.33. The number of imidazole rings is 1. The molecule has 0 saturated heterocycles. The van der Waals surface area contributed by atoms with E-state index >= 15 is 0 Å². The van der Waals surface area contributed by atoms with Crippen LogP contribution in [0.2, 0.25) is 0 Å². The summed E-state index contributed by atoms with van der Waals surface area (Å²) in [7, 11) is 0. The van der Waals surface area contributed by atoms with E-state index in [1.807, 2.05) is 13.8 Å². The normalized spacial score (nSPS) is 10.8. The van der Waals surface area contributed by atoms with Crippen molar-refractivity contribution in [3.63, 3.8) is 0 Å². The van der Waals surface area contributed by atoms with E-state index in [4.69, 9.17) is 10.5 Å². The van der Waals surface area contributed by atoms with Crippen molar-refractivity contribution in [1.29, 1.82) is 0 Å². The topological polar surface area (TPSA) is 93.3 Å². The van der Waals surface area contributed by atoms with Crippen LogP contribution in [0.1, 0.15) is 13.8 Å². The maximum Gasteiger partial charge on any atom is 0.415 e. The predicted molar refractivity (Wildman–Crippen MR) is 80.6 cm³/mol. The van der Waals surface area contributed by atoms with Gasteiger partial charge in [0, 0.05) is 32.2 Å². The first-order valence-electron chi connectivity index (χ1n) is 7.00. The van der Waals surface area contributed by atoms with Gasteiger partial charge in [-0.3, -0.25) is 4.57 Å². The van der Waals surface area contributed by atoms with Crippen LogP contribution in [0.25, 0.3) is 11.0 Å². The van der Waals surface area contributed by atoms with Gasteiger partial charge in [-0.15, -0.1) is 0 Å². The molecule has 0 saturated carbocycles. The number of aromatic nitrogens is 2. The smallest absolute Gasteiger partial charge is 0.410 e. The maximum atomic E-state index is 11.9. The summed E-state index contributed by atoms with van der Waals surface area (Å²) in [6.45, 7) is 5.71. The van der Waals surface area contributed by atoms with E-state index in [1.54, 1.807) is 23.1 Å². The maximum absolute atomic E-state index is 11.9. The molecule has 7 heteroatoms. The summed E-state index contributed by atoms with van der Waals surface area (Å²) in [5, 5.41) is 0. The number of amides is 1. The molecule has 21 heavy (non-hydrogen) atoms. The van der Waals surface area contributed by atoms with Crippen LogP contribution in [-0.4, -0.2) is 40.2 Å². The fourth-order valence-electron chi connectivity index (χ4n) is 2.19. The number of carbonyl (C=O) groups excluding carboxylic acids is 1. The van der Waals surface area contributed by atoms with Gasteiger partial charge < -0.3 is 20.4 Å². The van der Waals surface area contributed by atoms with Crippen LogP contribution >= 0.6 is 0 Å². The number of hydrogen-bond acceptors (Lipinski definition) is 4. The molecule has 0 atom stereocenters. The molecular formula is C14H20N4O3. The van der Waals surface area contributed by atoms with Crippen molar-refractivity contribution in [3.8, 4) is 5.75 Å². The Hall–Kier alpha value is -2.28. The molecule has 2 aromatic rings. The number of aromatic amines is 1. The van der Waals surface area contributed by atoms with E-state index in [9.17, 15) is 9.59 Å². The third-order valence-corrected chi connectivity index (χ3v) is 3.33. The predicted octanol–water partition coefficient (Wildman–Crippen LogP) is 1.13. The monoisotopic (exact) mass is 292 g/mol. The number of H-pyrrole nitrogens is 1. The van der Waals surface area contributed by atoms with Crippen LogP contribution in [-0.2, 0) is 6.54 Å². The number of nitrogens with one attached hydrogen (secondary N) is 1. The average Bonchev–Trinajstić information content (AvgIpc) is 2.77. The van der Waals surface area contributed by atoms with Crippen molar-refractivity contribution in [2.45, 2.75) is 20.4 Å². The highest BCUT2D eigenvalue weighted by molar-refractivity contribution is 5.79. The molecule has 0 aliphatic rings. The first-order valence-corrected chi connectivity index (χ1v) is 7.00. The van der Waals surface area contributed by atoms with Gasteiger partial charge in [0.05, 0.1) is 11.0 Å². The van der Waals surface area contributed by atoms with E-state index in [1.165, 1.54) is 4.57 Å². The van der Waals surface area contributed by atoms with Gasteiger partial charge in [-0.25, -0.2) is 9.59 Å². The molecular weight excluding hydrogens is 272 g/mol. The van der Waals surface area contributed by atoms with Gasteiger partial charge in [-0.1, -0.05) is 0 Å². The fourth-order valence-corrected chi connectivity index (χ4v) is 2.19. The second-order valence-corrected chi connectivity index (χ2v) is 4.59. The number of rotatable bonds is 5. The van der Waals surface area contributed by atoms with Crippen molar-refractivity contribution in [1.82, 2.24) is 14.5 Å². The van der Waals surface area contributed by atoms with Crippen molar-refractivity contribution in [2.24, 2.45) is 5.73 Å². The number of ether oxygens (including phenoxy) is 1. The first-order chi connectivity index (χ1) is 10.1. The zero-order chi connectivity index (χ0) is 15.4. The first kappa shape index (κ1) is 15.1. The highest BCUT2D eigenvalue weighted by atomic mass is 16.6. The van der Waals surface area contributed by atoms with E-state index in [0.717, 1.165) is 0 Å². The van der Waals surface area contributed by atoms with Crippen LogP contribution in [0.15, 0.2) is 23.0 Å². The molecule has 1 heterocycles. The van der Waals surface area contributed by atoms with Gasteiger partial charge in [0.25, 0.3) is 0 Å². The fraction of sp³-hybridized carbons (Fsp3) is 0.429. The highest BCUT2D eigenvalue weighted by Gasteiger charge is 2.13. The molecule has 1 aromatic carbocycles. The Morgan fingerprint density at radius 1 is 1.38 bits per heavy atom. The van der Waals surface area contributed by atoms with Crippen molar-refractivity contribution in [3.05, 3.63) is 28.7 Å². The summed E-state index contributed by atoms with van der Waals surface area (Å²) in [5.41, 5.74) is 6.66. The molecule has 0 spiro atoms. The van der Waals surface area contributed by atoms with Crippen molar-refractivity contribution >= 4 is 17.1 Å². The zero-order valence-electron chi connectivity index (χ0n) is 12.3. The Bertz CT molecular complexity index is 685. The quantitative estimate of drug-likeness (QED) is 0.864. The van der Waals surface area contributed by atoms with Gasteiger partial charge in [-0.2, -0.15) is 0 Å². The lowest BCUT2D eigenvalue weighted by Crippen LogP contribution is -2.33. The van der Waals surface area contributed by atoms with Gasteiger partial charge in [0.2, 0.25) is 0 Å². The molecule has 0 aliphatic carbocycles. The van der Waals surface area contributed by atoms with Crippen LogP contribution in [0.4, 0.5) is 4.79 Å². The minimum absolute atomic E-state index is 0.220.